The molecule has 0 aliphatic carbocycles. The lowest BCUT2D eigenvalue weighted by Gasteiger charge is -2.22. The zero-order valence-corrected chi connectivity index (χ0v) is 10.3. The zero-order chi connectivity index (χ0) is 12.8. The smallest absolute Gasteiger partial charge is 0.330 e. The second kappa shape index (κ2) is 7.12. The van der Waals surface area contributed by atoms with Crippen LogP contribution in [0.3, 0.4) is 0 Å². The van der Waals surface area contributed by atoms with Crippen LogP contribution in [0.15, 0.2) is 0 Å². The van der Waals surface area contributed by atoms with Gasteiger partial charge in [0.1, 0.15) is 0 Å². The minimum atomic E-state index is -4.11. The minimum Gasteiger partial charge on any atom is -0.330 e. The minimum absolute atomic E-state index is 0.329. The van der Waals surface area contributed by atoms with Crippen molar-refractivity contribution in [2.24, 2.45) is 17.6 Å². The molecule has 1 atom stereocenters. The average Bonchev–Trinajstić information content (AvgIpc) is 2.08. The Balaban J connectivity index is 3.83. The Morgan fingerprint density at radius 3 is 2.19 bits per heavy atom. The van der Waals surface area contributed by atoms with Crippen LogP contribution in [0.2, 0.25) is 0 Å². The van der Waals surface area contributed by atoms with E-state index in [0.717, 1.165) is 12.8 Å². The van der Waals surface area contributed by atoms with Crippen LogP contribution < -0.4 is 5.73 Å². The molecule has 0 saturated heterocycles. The number of halogens is 3. The van der Waals surface area contributed by atoms with Crippen molar-refractivity contribution in [1.82, 2.24) is 4.90 Å². The van der Waals surface area contributed by atoms with Crippen molar-refractivity contribution in [3.05, 3.63) is 0 Å². The van der Waals surface area contributed by atoms with Crippen LogP contribution in [-0.2, 0) is 0 Å². The standard InChI is InChI=1S/C11H23F3N2/c1-9(2)6-10(7-15)4-5-16(3)8-11(12,13)14/h9-10H,4-8,15H2,1-3H3. The summed E-state index contributed by atoms with van der Waals surface area (Å²) in [6.07, 6.45) is -2.39. The molecule has 0 amide bonds. The van der Waals surface area contributed by atoms with E-state index >= 15 is 0 Å². The summed E-state index contributed by atoms with van der Waals surface area (Å²) >= 11 is 0. The van der Waals surface area contributed by atoms with E-state index in [1.165, 1.54) is 11.9 Å². The summed E-state index contributed by atoms with van der Waals surface area (Å²) in [6.45, 7) is 4.36. The van der Waals surface area contributed by atoms with Gasteiger partial charge in [-0.15, -0.1) is 0 Å². The Morgan fingerprint density at radius 1 is 1.25 bits per heavy atom. The highest BCUT2D eigenvalue weighted by Crippen LogP contribution is 2.18. The maximum Gasteiger partial charge on any atom is 0.401 e. The molecule has 0 aliphatic heterocycles. The van der Waals surface area contributed by atoms with Crippen molar-refractivity contribution < 1.29 is 13.2 Å². The summed E-state index contributed by atoms with van der Waals surface area (Å²) in [5, 5.41) is 0. The van der Waals surface area contributed by atoms with Crippen molar-refractivity contribution in [2.45, 2.75) is 32.9 Å². The summed E-state index contributed by atoms with van der Waals surface area (Å²) in [6, 6.07) is 0. The molecule has 2 nitrogen and oxygen atoms in total. The molecule has 0 fully saturated rings. The summed E-state index contributed by atoms with van der Waals surface area (Å²) < 4.78 is 36.2. The fourth-order valence-electron chi connectivity index (χ4n) is 1.79. The van der Waals surface area contributed by atoms with Gasteiger partial charge in [-0.2, -0.15) is 13.2 Å². The second-order valence-corrected chi connectivity index (χ2v) is 4.87. The van der Waals surface area contributed by atoms with E-state index in [-0.39, 0.29) is 0 Å². The van der Waals surface area contributed by atoms with Gasteiger partial charge in [-0.25, -0.2) is 0 Å². The Labute approximate surface area is 96.0 Å². The van der Waals surface area contributed by atoms with Gasteiger partial charge in [0.15, 0.2) is 0 Å². The molecular weight excluding hydrogens is 217 g/mol. The Morgan fingerprint density at radius 2 is 1.81 bits per heavy atom. The first-order valence-corrected chi connectivity index (χ1v) is 5.70. The lowest BCUT2D eigenvalue weighted by Crippen LogP contribution is -2.33. The molecule has 0 spiro atoms. The van der Waals surface area contributed by atoms with Crippen LogP contribution >= 0.6 is 0 Å². The lowest BCUT2D eigenvalue weighted by molar-refractivity contribution is -0.143. The van der Waals surface area contributed by atoms with Gasteiger partial charge in [0, 0.05) is 0 Å². The molecule has 5 heteroatoms. The van der Waals surface area contributed by atoms with Crippen LogP contribution in [0.5, 0.6) is 0 Å². The molecule has 0 heterocycles. The van der Waals surface area contributed by atoms with Crippen molar-refractivity contribution in [3.63, 3.8) is 0 Å². The Kier molecular flexibility index (Phi) is 6.99. The van der Waals surface area contributed by atoms with Crippen molar-refractivity contribution >= 4 is 0 Å². The van der Waals surface area contributed by atoms with Gasteiger partial charge in [-0.3, -0.25) is 4.90 Å². The van der Waals surface area contributed by atoms with E-state index in [2.05, 4.69) is 13.8 Å². The summed E-state index contributed by atoms with van der Waals surface area (Å²) in [4.78, 5) is 1.31. The number of nitrogens with zero attached hydrogens (tertiary/aromatic N) is 1. The van der Waals surface area contributed by atoms with E-state index in [0.29, 0.717) is 24.9 Å². The maximum absolute atomic E-state index is 12.1. The van der Waals surface area contributed by atoms with Gasteiger partial charge >= 0.3 is 6.18 Å². The predicted molar refractivity (Wildman–Crippen MR) is 60.2 cm³/mol. The first-order chi connectivity index (χ1) is 7.24. The zero-order valence-electron chi connectivity index (χ0n) is 10.3. The summed E-state index contributed by atoms with van der Waals surface area (Å²) in [7, 11) is 1.50. The normalized spacial score (nSPS) is 14.8. The third kappa shape index (κ3) is 8.97. The molecule has 0 aliphatic rings. The van der Waals surface area contributed by atoms with Gasteiger partial charge in [0.05, 0.1) is 6.54 Å². The molecule has 0 aromatic heterocycles. The van der Waals surface area contributed by atoms with Crippen LogP contribution in [-0.4, -0.2) is 37.8 Å². The monoisotopic (exact) mass is 240 g/mol. The number of hydrogen-bond acceptors (Lipinski definition) is 2. The number of alkyl halides is 3. The van der Waals surface area contributed by atoms with Crippen LogP contribution in [0, 0.1) is 11.8 Å². The third-order valence-corrected chi connectivity index (χ3v) is 2.51. The topological polar surface area (TPSA) is 29.3 Å². The number of rotatable bonds is 7. The van der Waals surface area contributed by atoms with Crippen LogP contribution in [0.1, 0.15) is 26.7 Å². The SMILES string of the molecule is CC(C)CC(CN)CCN(C)CC(F)(F)F. The van der Waals surface area contributed by atoms with E-state index in [1.54, 1.807) is 0 Å². The summed E-state index contributed by atoms with van der Waals surface area (Å²) in [5.74, 6) is 0.872. The first kappa shape index (κ1) is 15.7. The van der Waals surface area contributed by atoms with E-state index in [1.807, 2.05) is 0 Å². The Hall–Kier alpha value is -0.290. The number of hydrogen-bond donors (Lipinski definition) is 1. The molecular formula is C11H23F3N2. The van der Waals surface area contributed by atoms with Gasteiger partial charge in [-0.1, -0.05) is 13.8 Å². The highest BCUT2D eigenvalue weighted by atomic mass is 19.4. The highest BCUT2D eigenvalue weighted by Gasteiger charge is 2.29. The molecule has 0 aromatic rings. The molecule has 2 N–H and O–H groups in total. The van der Waals surface area contributed by atoms with Crippen molar-refractivity contribution in [2.75, 3.05) is 26.7 Å². The molecule has 0 bridgehead atoms. The highest BCUT2D eigenvalue weighted by molar-refractivity contribution is 4.66. The second-order valence-electron chi connectivity index (χ2n) is 4.87. The van der Waals surface area contributed by atoms with Crippen LogP contribution in [0.25, 0.3) is 0 Å². The third-order valence-electron chi connectivity index (χ3n) is 2.51. The van der Waals surface area contributed by atoms with E-state index in [4.69, 9.17) is 5.73 Å². The van der Waals surface area contributed by atoms with E-state index in [9.17, 15) is 13.2 Å². The fraction of sp³-hybridized carbons (Fsp3) is 1.00. The largest absolute Gasteiger partial charge is 0.401 e. The van der Waals surface area contributed by atoms with Gasteiger partial charge in [-0.05, 0) is 44.8 Å². The maximum atomic E-state index is 12.1. The summed E-state index contributed by atoms with van der Waals surface area (Å²) in [5.41, 5.74) is 5.59. The lowest BCUT2D eigenvalue weighted by atomic mass is 9.94. The molecule has 16 heavy (non-hydrogen) atoms. The molecule has 0 radical (unpaired) electrons. The van der Waals surface area contributed by atoms with Gasteiger partial charge < -0.3 is 5.73 Å². The predicted octanol–water partition coefficient (Wildman–Crippen LogP) is 2.49. The number of nitrogens with two attached hydrogens (primary N) is 1. The van der Waals surface area contributed by atoms with Gasteiger partial charge in [0.25, 0.3) is 0 Å². The molecule has 1 unspecified atom stereocenters. The molecule has 98 valence electrons. The van der Waals surface area contributed by atoms with Crippen molar-refractivity contribution in [1.29, 1.82) is 0 Å². The van der Waals surface area contributed by atoms with E-state index < -0.39 is 12.7 Å². The van der Waals surface area contributed by atoms with Crippen molar-refractivity contribution in [3.8, 4) is 0 Å². The average molecular weight is 240 g/mol. The van der Waals surface area contributed by atoms with Gasteiger partial charge in [0.2, 0.25) is 0 Å². The quantitative estimate of drug-likeness (QED) is 0.740. The molecule has 0 aromatic carbocycles. The first-order valence-electron chi connectivity index (χ1n) is 5.70. The molecule has 0 rings (SSSR count). The fourth-order valence-corrected chi connectivity index (χ4v) is 1.79. The van der Waals surface area contributed by atoms with Crippen LogP contribution in [0.4, 0.5) is 13.2 Å². The molecule has 0 saturated carbocycles. The Bertz CT molecular complexity index is 181.